The van der Waals surface area contributed by atoms with E-state index in [1.54, 1.807) is 12.1 Å². The van der Waals surface area contributed by atoms with Crippen LogP contribution in [0.5, 0.6) is 0 Å². The first-order valence-electron chi connectivity index (χ1n) is 5.90. The molecule has 0 amide bonds. The van der Waals surface area contributed by atoms with Crippen LogP contribution in [-0.4, -0.2) is 19.9 Å². The molecule has 0 radical (unpaired) electrons. The topological polar surface area (TPSA) is 50.9 Å². The maximum Gasteiger partial charge on any atom is 0.102 e. The van der Waals surface area contributed by atoms with Gasteiger partial charge in [-0.2, -0.15) is 5.10 Å². The second-order valence-corrected chi connectivity index (χ2v) is 4.94. The van der Waals surface area contributed by atoms with Crippen molar-refractivity contribution >= 4 is 11.6 Å². The zero-order valence-electron chi connectivity index (χ0n) is 10.4. The third-order valence-corrected chi connectivity index (χ3v) is 2.91. The summed E-state index contributed by atoms with van der Waals surface area (Å²) in [6.07, 6.45) is 3.25. The molecule has 0 aliphatic heterocycles. The van der Waals surface area contributed by atoms with E-state index in [1.807, 2.05) is 16.9 Å². The quantitative estimate of drug-likeness (QED) is 0.925. The molecule has 0 spiro atoms. The van der Waals surface area contributed by atoms with E-state index in [1.165, 1.54) is 6.20 Å². The van der Waals surface area contributed by atoms with Crippen LogP contribution in [0, 0.1) is 0 Å². The van der Waals surface area contributed by atoms with E-state index in [2.05, 4.69) is 23.9 Å². The van der Waals surface area contributed by atoms with Gasteiger partial charge in [0.05, 0.1) is 16.4 Å². The predicted molar refractivity (Wildman–Crippen MR) is 70.5 cm³/mol. The lowest BCUT2D eigenvalue weighted by molar-refractivity contribution is 0.172. The molecule has 0 bridgehead atoms. The highest BCUT2D eigenvalue weighted by Gasteiger charge is 2.12. The average Bonchev–Trinajstić information content (AvgIpc) is 2.78. The fraction of sp³-hybridized carbons (Fsp3) is 0.385. The Kier molecular flexibility index (Phi) is 3.99. The minimum Gasteiger partial charge on any atom is -0.386 e. The minimum absolute atomic E-state index is 0.324. The Morgan fingerprint density at radius 1 is 1.33 bits per heavy atom. The minimum atomic E-state index is -0.655. The van der Waals surface area contributed by atoms with Crippen molar-refractivity contribution in [1.82, 2.24) is 14.8 Å². The molecule has 2 heterocycles. The highest BCUT2D eigenvalue weighted by atomic mass is 35.5. The first-order chi connectivity index (χ1) is 8.56. The van der Waals surface area contributed by atoms with Crippen molar-refractivity contribution in [2.24, 2.45) is 0 Å². The second-order valence-electron chi connectivity index (χ2n) is 4.50. The summed E-state index contributed by atoms with van der Waals surface area (Å²) in [6, 6.07) is 5.69. The van der Waals surface area contributed by atoms with Crippen LogP contribution in [0.1, 0.15) is 37.4 Å². The van der Waals surface area contributed by atoms with Crippen molar-refractivity contribution < 1.29 is 5.11 Å². The van der Waals surface area contributed by atoms with Gasteiger partial charge in [0.15, 0.2) is 0 Å². The van der Waals surface area contributed by atoms with Crippen LogP contribution in [-0.2, 0) is 6.42 Å². The van der Waals surface area contributed by atoms with Crippen molar-refractivity contribution in [2.75, 3.05) is 0 Å². The average molecular weight is 266 g/mol. The molecule has 0 fully saturated rings. The molecule has 18 heavy (non-hydrogen) atoms. The van der Waals surface area contributed by atoms with Crippen LogP contribution < -0.4 is 0 Å². The Morgan fingerprint density at radius 3 is 2.67 bits per heavy atom. The summed E-state index contributed by atoms with van der Waals surface area (Å²) in [6.45, 7) is 4.13. The van der Waals surface area contributed by atoms with Gasteiger partial charge in [-0.05, 0) is 32.0 Å². The van der Waals surface area contributed by atoms with Gasteiger partial charge < -0.3 is 5.11 Å². The number of pyridine rings is 1. The summed E-state index contributed by atoms with van der Waals surface area (Å²) in [5.41, 5.74) is 1.46. The molecule has 2 aromatic heterocycles. The van der Waals surface area contributed by atoms with Gasteiger partial charge in [0.2, 0.25) is 0 Å². The molecule has 1 unspecified atom stereocenters. The van der Waals surface area contributed by atoms with Gasteiger partial charge >= 0.3 is 0 Å². The fourth-order valence-corrected chi connectivity index (χ4v) is 1.77. The first-order valence-corrected chi connectivity index (χ1v) is 6.27. The highest BCUT2D eigenvalue weighted by Crippen LogP contribution is 2.17. The number of aromatic nitrogens is 3. The van der Waals surface area contributed by atoms with E-state index in [0.29, 0.717) is 23.2 Å². The van der Waals surface area contributed by atoms with Gasteiger partial charge in [-0.25, -0.2) is 0 Å². The molecule has 0 aliphatic rings. The van der Waals surface area contributed by atoms with Gasteiger partial charge in [0.25, 0.3) is 0 Å². The number of aliphatic hydroxyl groups is 1. The molecular formula is C13H16ClN3O. The molecule has 0 aromatic carbocycles. The number of aliphatic hydroxyl groups excluding tert-OH is 1. The normalized spacial score (nSPS) is 12.9. The predicted octanol–water partition coefficient (Wildman–Crippen LogP) is 2.79. The van der Waals surface area contributed by atoms with Gasteiger partial charge in [0.1, 0.15) is 6.10 Å². The highest BCUT2D eigenvalue weighted by molar-refractivity contribution is 6.30. The molecule has 96 valence electrons. The van der Waals surface area contributed by atoms with Crippen molar-refractivity contribution in [3.05, 3.63) is 47.0 Å². The maximum atomic E-state index is 10.1. The standard InChI is InChI=1S/C13H16ClN3O/c1-9(2)17-6-5-11(16-17)7-13(18)12-4-3-10(14)8-15-12/h3-6,8-9,13,18H,7H2,1-2H3. The van der Waals surface area contributed by atoms with E-state index >= 15 is 0 Å². The molecule has 4 nitrogen and oxygen atoms in total. The SMILES string of the molecule is CC(C)n1ccc(CC(O)c2ccc(Cl)cn2)n1. The molecule has 1 atom stereocenters. The van der Waals surface area contributed by atoms with Crippen LogP contribution in [0.25, 0.3) is 0 Å². The van der Waals surface area contributed by atoms with Gasteiger partial charge in [-0.1, -0.05) is 11.6 Å². The molecule has 0 saturated carbocycles. The number of rotatable bonds is 4. The summed E-state index contributed by atoms with van der Waals surface area (Å²) in [7, 11) is 0. The van der Waals surface area contributed by atoms with Crippen LogP contribution >= 0.6 is 11.6 Å². The van der Waals surface area contributed by atoms with Crippen molar-refractivity contribution in [2.45, 2.75) is 32.4 Å². The third-order valence-electron chi connectivity index (χ3n) is 2.69. The zero-order valence-corrected chi connectivity index (χ0v) is 11.2. The molecule has 1 N–H and O–H groups in total. The van der Waals surface area contributed by atoms with Gasteiger partial charge in [-0.15, -0.1) is 0 Å². The summed E-state index contributed by atoms with van der Waals surface area (Å²) >= 11 is 5.75. The first kappa shape index (κ1) is 13.1. The second kappa shape index (κ2) is 5.50. The van der Waals surface area contributed by atoms with Crippen molar-refractivity contribution in [3.8, 4) is 0 Å². The molecule has 0 aliphatic carbocycles. The largest absolute Gasteiger partial charge is 0.386 e. The molecular weight excluding hydrogens is 250 g/mol. The Bertz CT molecular complexity index is 507. The molecule has 2 rings (SSSR count). The lowest BCUT2D eigenvalue weighted by Crippen LogP contribution is -2.06. The molecule has 2 aromatic rings. The third kappa shape index (κ3) is 3.09. The van der Waals surface area contributed by atoms with E-state index < -0.39 is 6.10 Å². The fourth-order valence-electron chi connectivity index (χ4n) is 1.66. The monoisotopic (exact) mass is 265 g/mol. The number of nitrogens with zero attached hydrogens (tertiary/aromatic N) is 3. The van der Waals surface area contributed by atoms with Crippen LogP contribution in [0.15, 0.2) is 30.6 Å². The van der Waals surface area contributed by atoms with Gasteiger partial charge in [-0.3, -0.25) is 9.67 Å². The Morgan fingerprint density at radius 2 is 2.11 bits per heavy atom. The zero-order chi connectivity index (χ0) is 13.1. The summed E-state index contributed by atoms with van der Waals surface area (Å²) < 4.78 is 1.87. The Labute approximate surface area is 111 Å². The maximum absolute atomic E-state index is 10.1. The number of hydrogen-bond donors (Lipinski definition) is 1. The smallest absolute Gasteiger partial charge is 0.102 e. The van der Waals surface area contributed by atoms with Crippen LogP contribution in [0.2, 0.25) is 5.02 Å². The molecule has 0 saturated heterocycles. The lowest BCUT2D eigenvalue weighted by atomic mass is 10.1. The summed E-state index contributed by atoms with van der Waals surface area (Å²) in [5, 5.41) is 15.0. The summed E-state index contributed by atoms with van der Waals surface area (Å²) in [5.74, 6) is 0. The van der Waals surface area contributed by atoms with Crippen molar-refractivity contribution in [1.29, 1.82) is 0 Å². The number of halogens is 1. The lowest BCUT2D eigenvalue weighted by Gasteiger charge is -2.08. The van der Waals surface area contributed by atoms with Gasteiger partial charge in [0, 0.05) is 24.9 Å². The Balaban J connectivity index is 2.06. The van der Waals surface area contributed by atoms with E-state index in [0.717, 1.165) is 5.69 Å². The van der Waals surface area contributed by atoms with Crippen LogP contribution in [0.4, 0.5) is 0 Å². The van der Waals surface area contributed by atoms with E-state index in [9.17, 15) is 5.11 Å². The molecule has 5 heteroatoms. The van der Waals surface area contributed by atoms with E-state index in [-0.39, 0.29) is 0 Å². The van der Waals surface area contributed by atoms with Crippen LogP contribution in [0.3, 0.4) is 0 Å². The van der Waals surface area contributed by atoms with Crippen molar-refractivity contribution in [3.63, 3.8) is 0 Å². The Hall–Kier alpha value is -1.39. The number of hydrogen-bond acceptors (Lipinski definition) is 3. The summed E-state index contributed by atoms with van der Waals surface area (Å²) in [4.78, 5) is 4.10. The van der Waals surface area contributed by atoms with E-state index in [4.69, 9.17) is 11.6 Å².